The first-order valence-corrected chi connectivity index (χ1v) is 8.47. The highest BCUT2D eigenvalue weighted by molar-refractivity contribution is 5.91. The summed E-state index contributed by atoms with van der Waals surface area (Å²) in [4.78, 5) is 16.7. The van der Waals surface area contributed by atoms with Crippen molar-refractivity contribution in [3.63, 3.8) is 0 Å². The molecule has 1 N–H and O–H groups in total. The number of benzene rings is 1. The highest BCUT2D eigenvalue weighted by Crippen LogP contribution is 2.32. The number of ether oxygens (including phenoxy) is 2. The van der Waals surface area contributed by atoms with Gasteiger partial charge in [0, 0.05) is 38.8 Å². The van der Waals surface area contributed by atoms with Gasteiger partial charge in [-0.3, -0.25) is 4.79 Å². The fourth-order valence-electron chi connectivity index (χ4n) is 2.83. The third kappa shape index (κ3) is 4.72. The quantitative estimate of drug-likeness (QED) is 0.627. The van der Waals surface area contributed by atoms with Gasteiger partial charge in [-0.1, -0.05) is 6.07 Å². The molecule has 0 spiro atoms. The van der Waals surface area contributed by atoms with Gasteiger partial charge in [0.2, 0.25) is 12.7 Å². The van der Waals surface area contributed by atoms with Gasteiger partial charge in [-0.25, -0.2) is 0 Å². The Hall–Kier alpha value is -2.05. The molecular formula is C18H25N3O3. The lowest BCUT2D eigenvalue weighted by Crippen LogP contribution is -2.45. The number of carbonyl (C=O) groups excluding carboxylic acids is 1. The van der Waals surface area contributed by atoms with E-state index < -0.39 is 0 Å². The molecule has 0 bridgehead atoms. The van der Waals surface area contributed by atoms with Gasteiger partial charge in [0.15, 0.2) is 11.5 Å². The van der Waals surface area contributed by atoms with Crippen molar-refractivity contribution >= 4 is 12.0 Å². The van der Waals surface area contributed by atoms with Crippen LogP contribution in [0.4, 0.5) is 0 Å². The highest BCUT2D eigenvalue weighted by Gasteiger charge is 2.13. The third-order valence-electron chi connectivity index (χ3n) is 4.37. The SMILES string of the molecule is CN1CCN(CCCNC(=O)/C=C/c2ccc3c(c2)OCO3)CC1. The summed E-state index contributed by atoms with van der Waals surface area (Å²) >= 11 is 0. The normalized spacial score (nSPS) is 18.2. The molecule has 0 aromatic heterocycles. The molecule has 1 aromatic carbocycles. The molecule has 3 rings (SSSR count). The van der Waals surface area contributed by atoms with E-state index in [2.05, 4.69) is 22.2 Å². The van der Waals surface area contributed by atoms with Gasteiger partial charge in [-0.15, -0.1) is 0 Å². The summed E-state index contributed by atoms with van der Waals surface area (Å²) in [7, 11) is 2.16. The molecule has 6 heteroatoms. The Morgan fingerprint density at radius 1 is 1.21 bits per heavy atom. The lowest BCUT2D eigenvalue weighted by molar-refractivity contribution is -0.116. The number of likely N-dealkylation sites (N-methyl/N-ethyl adjacent to an activating group) is 1. The van der Waals surface area contributed by atoms with E-state index in [1.54, 1.807) is 12.2 Å². The zero-order chi connectivity index (χ0) is 16.8. The van der Waals surface area contributed by atoms with E-state index in [9.17, 15) is 4.79 Å². The molecule has 1 amide bonds. The summed E-state index contributed by atoms with van der Waals surface area (Å²) in [5, 5.41) is 2.93. The predicted molar refractivity (Wildman–Crippen MR) is 93.2 cm³/mol. The van der Waals surface area contributed by atoms with Gasteiger partial charge in [0.25, 0.3) is 0 Å². The van der Waals surface area contributed by atoms with Gasteiger partial charge in [0.1, 0.15) is 0 Å². The molecule has 0 unspecified atom stereocenters. The molecular weight excluding hydrogens is 306 g/mol. The molecule has 1 aromatic rings. The first-order valence-electron chi connectivity index (χ1n) is 8.47. The molecule has 0 saturated carbocycles. The van der Waals surface area contributed by atoms with E-state index >= 15 is 0 Å². The van der Waals surface area contributed by atoms with E-state index in [0.29, 0.717) is 6.54 Å². The van der Waals surface area contributed by atoms with Crippen molar-refractivity contribution in [2.45, 2.75) is 6.42 Å². The summed E-state index contributed by atoms with van der Waals surface area (Å²) in [6.45, 7) is 6.51. The molecule has 2 heterocycles. The lowest BCUT2D eigenvalue weighted by Gasteiger charge is -2.32. The van der Waals surface area contributed by atoms with Gasteiger partial charge >= 0.3 is 0 Å². The molecule has 0 atom stereocenters. The van der Waals surface area contributed by atoms with Crippen LogP contribution in [0.15, 0.2) is 24.3 Å². The molecule has 1 fully saturated rings. The Labute approximate surface area is 143 Å². The fourth-order valence-corrected chi connectivity index (χ4v) is 2.83. The van der Waals surface area contributed by atoms with Crippen molar-refractivity contribution in [3.05, 3.63) is 29.8 Å². The summed E-state index contributed by atoms with van der Waals surface area (Å²) in [5.74, 6) is 1.41. The first-order chi connectivity index (χ1) is 11.7. The molecule has 0 radical (unpaired) electrons. The minimum atomic E-state index is -0.0638. The first kappa shape index (κ1) is 16.8. The van der Waals surface area contributed by atoms with Gasteiger partial charge in [0.05, 0.1) is 0 Å². The van der Waals surface area contributed by atoms with E-state index in [-0.39, 0.29) is 12.7 Å². The van der Waals surface area contributed by atoms with Crippen LogP contribution in [-0.4, -0.2) is 68.8 Å². The number of piperazine rings is 1. The number of carbonyl (C=O) groups is 1. The standard InChI is InChI=1S/C18H25N3O3/c1-20-9-11-21(12-10-20)8-2-7-19-18(22)6-4-15-3-5-16-17(13-15)24-14-23-16/h3-6,13H,2,7-12,14H2,1H3,(H,19,22)/b6-4+. The Bertz CT molecular complexity index is 595. The van der Waals surface area contributed by atoms with Crippen molar-refractivity contribution in [1.29, 1.82) is 0 Å². The van der Waals surface area contributed by atoms with Gasteiger partial charge < -0.3 is 24.6 Å². The fraction of sp³-hybridized carbons (Fsp3) is 0.500. The summed E-state index contributed by atoms with van der Waals surface area (Å²) in [6, 6.07) is 5.64. The lowest BCUT2D eigenvalue weighted by atomic mass is 10.2. The van der Waals surface area contributed by atoms with E-state index in [1.807, 2.05) is 18.2 Å². The molecule has 6 nitrogen and oxygen atoms in total. The zero-order valence-corrected chi connectivity index (χ0v) is 14.2. The number of nitrogens with one attached hydrogen (secondary N) is 1. The smallest absolute Gasteiger partial charge is 0.243 e. The number of fused-ring (bicyclic) bond motifs is 1. The predicted octanol–water partition coefficient (Wildman–Crippen LogP) is 1.18. The maximum Gasteiger partial charge on any atom is 0.243 e. The Balaban J connectivity index is 1.35. The number of rotatable bonds is 6. The van der Waals surface area contributed by atoms with Crippen molar-refractivity contribution in [1.82, 2.24) is 15.1 Å². The number of hydrogen-bond acceptors (Lipinski definition) is 5. The van der Waals surface area contributed by atoms with Crippen LogP contribution in [0, 0.1) is 0 Å². The largest absolute Gasteiger partial charge is 0.454 e. The van der Waals surface area contributed by atoms with Crippen molar-refractivity contribution in [2.24, 2.45) is 0 Å². The molecule has 2 aliphatic heterocycles. The number of nitrogens with zero attached hydrogens (tertiary/aromatic N) is 2. The molecule has 0 aliphatic carbocycles. The Morgan fingerprint density at radius 3 is 2.83 bits per heavy atom. The second-order valence-corrected chi connectivity index (χ2v) is 6.24. The monoisotopic (exact) mass is 331 g/mol. The Morgan fingerprint density at radius 2 is 2.00 bits per heavy atom. The highest BCUT2D eigenvalue weighted by atomic mass is 16.7. The topological polar surface area (TPSA) is 54.0 Å². The summed E-state index contributed by atoms with van der Waals surface area (Å²) < 4.78 is 10.6. The van der Waals surface area contributed by atoms with Crippen LogP contribution in [0.25, 0.3) is 6.08 Å². The second-order valence-electron chi connectivity index (χ2n) is 6.24. The average Bonchev–Trinajstić information content (AvgIpc) is 3.06. The van der Waals surface area contributed by atoms with Crippen LogP contribution in [0.1, 0.15) is 12.0 Å². The number of amides is 1. The minimum absolute atomic E-state index is 0.0638. The van der Waals surface area contributed by atoms with Crippen molar-refractivity contribution in [3.8, 4) is 11.5 Å². The van der Waals surface area contributed by atoms with Crippen LogP contribution < -0.4 is 14.8 Å². The molecule has 2 aliphatic rings. The van der Waals surface area contributed by atoms with Gasteiger partial charge in [-0.2, -0.15) is 0 Å². The van der Waals surface area contributed by atoms with Crippen molar-refractivity contribution in [2.75, 3.05) is 53.1 Å². The van der Waals surface area contributed by atoms with Crippen molar-refractivity contribution < 1.29 is 14.3 Å². The van der Waals surface area contributed by atoms with Crippen LogP contribution in [0.2, 0.25) is 0 Å². The summed E-state index contributed by atoms with van der Waals surface area (Å²) in [6.07, 6.45) is 4.33. The Kier molecular flexibility index (Phi) is 5.72. The average molecular weight is 331 g/mol. The van der Waals surface area contributed by atoms with Crippen LogP contribution in [-0.2, 0) is 4.79 Å². The van der Waals surface area contributed by atoms with Gasteiger partial charge in [-0.05, 0) is 43.8 Å². The van der Waals surface area contributed by atoms with Crippen LogP contribution in [0.5, 0.6) is 11.5 Å². The van der Waals surface area contributed by atoms with E-state index in [4.69, 9.17) is 9.47 Å². The maximum absolute atomic E-state index is 11.9. The molecule has 1 saturated heterocycles. The molecule has 24 heavy (non-hydrogen) atoms. The second kappa shape index (κ2) is 8.17. The number of hydrogen-bond donors (Lipinski definition) is 1. The van der Waals surface area contributed by atoms with Crippen LogP contribution >= 0.6 is 0 Å². The zero-order valence-electron chi connectivity index (χ0n) is 14.2. The maximum atomic E-state index is 11.9. The molecule has 130 valence electrons. The van der Waals surface area contributed by atoms with Crippen LogP contribution in [0.3, 0.4) is 0 Å². The van der Waals surface area contributed by atoms with E-state index in [0.717, 1.165) is 56.2 Å². The summed E-state index contributed by atoms with van der Waals surface area (Å²) in [5.41, 5.74) is 0.923. The third-order valence-corrected chi connectivity index (χ3v) is 4.37. The minimum Gasteiger partial charge on any atom is -0.454 e. The van der Waals surface area contributed by atoms with E-state index in [1.165, 1.54) is 0 Å².